The maximum absolute atomic E-state index is 12.6. The highest BCUT2D eigenvalue weighted by molar-refractivity contribution is 5.30. The monoisotopic (exact) mass is 275 g/mol. The molecular formula is C13H16F3NO2. The summed E-state index contributed by atoms with van der Waals surface area (Å²) in [6.07, 6.45) is -4.03. The van der Waals surface area contributed by atoms with Gasteiger partial charge in [-0.15, -0.1) is 0 Å². The van der Waals surface area contributed by atoms with E-state index in [1.54, 1.807) is 7.11 Å². The van der Waals surface area contributed by atoms with Gasteiger partial charge >= 0.3 is 6.18 Å². The third-order valence-electron chi connectivity index (χ3n) is 3.12. The van der Waals surface area contributed by atoms with Gasteiger partial charge in [-0.25, -0.2) is 0 Å². The first kappa shape index (κ1) is 14.1. The third kappa shape index (κ3) is 3.61. The Hall–Kier alpha value is -1.27. The minimum Gasteiger partial charge on any atom is -0.488 e. The summed E-state index contributed by atoms with van der Waals surface area (Å²) in [5, 5.41) is 3.15. The van der Waals surface area contributed by atoms with Gasteiger partial charge in [-0.05, 0) is 31.2 Å². The van der Waals surface area contributed by atoms with E-state index in [1.165, 1.54) is 12.1 Å². The molecule has 0 amide bonds. The SMILES string of the molecule is COC1CNCCC1Oc1cccc(C(F)(F)F)c1. The molecule has 1 aromatic carbocycles. The Balaban J connectivity index is 2.10. The number of halogens is 3. The summed E-state index contributed by atoms with van der Waals surface area (Å²) in [6.45, 7) is 1.41. The number of hydrogen-bond donors (Lipinski definition) is 1. The zero-order valence-corrected chi connectivity index (χ0v) is 10.5. The number of methoxy groups -OCH3 is 1. The summed E-state index contributed by atoms with van der Waals surface area (Å²) in [6, 6.07) is 4.93. The predicted octanol–water partition coefficient (Wildman–Crippen LogP) is 2.46. The molecule has 0 aromatic heterocycles. The Kier molecular flexibility index (Phi) is 4.31. The molecule has 1 saturated heterocycles. The Morgan fingerprint density at radius 2 is 2.05 bits per heavy atom. The Bertz CT molecular complexity index is 423. The largest absolute Gasteiger partial charge is 0.488 e. The second kappa shape index (κ2) is 5.79. The van der Waals surface area contributed by atoms with E-state index in [9.17, 15) is 13.2 Å². The molecule has 6 heteroatoms. The lowest BCUT2D eigenvalue weighted by Gasteiger charge is -2.31. The van der Waals surface area contributed by atoms with Crippen LogP contribution in [0.25, 0.3) is 0 Å². The topological polar surface area (TPSA) is 30.5 Å². The van der Waals surface area contributed by atoms with E-state index < -0.39 is 11.7 Å². The van der Waals surface area contributed by atoms with Crippen LogP contribution < -0.4 is 10.1 Å². The van der Waals surface area contributed by atoms with Gasteiger partial charge in [0, 0.05) is 13.7 Å². The molecular weight excluding hydrogens is 259 g/mol. The second-order valence-corrected chi connectivity index (χ2v) is 4.45. The van der Waals surface area contributed by atoms with Crippen molar-refractivity contribution in [3.63, 3.8) is 0 Å². The van der Waals surface area contributed by atoms with E-state index >= 15 is 0 Å². The van der Waals surface area contributed by atoms with Gasteiger partial charge < -0.3 is 14.8 Å². The quantitative estimate of drug-likeness (QED) is 0.919. The Labute approximate surface area is 109 Å². The number of ether oxygens (including phenoxy) is 2. The third-order valence-corrected chi connectivity index (χ3v) is 3.12. The first-order valence-corrected chi connectivity index (χ1v) is 6.08. The molecule has 1 N–H and O–H groups in total. The highest BCUT2D eigenvalue weighted by atomic mass is 19.4. The lowest BCUT2D eigenvalue weighted by molar-refractivity contribution is -0.137. The van der Waals surface area contributed by atoms with E-state index in [0.29, 0.717) is 13.0 Å². The van der Waals surface area contributed by atoms with Crippen molar-refractivity contribution in [2.45, 2.75) is 24.8 Å². The molecule has 0 aliphatic carbocycles. The highest BCUT2D eigenvalue weighted by Crippen LogP contribution is 2.31. The van der Waals surface area contributed by atoms with Gasteiger partial charge in [-0.1, -0.05) is 6.07 Å². The number of hydrogen-bond acceptors (Lipinski definition) is 3. The number of nitrogens with one attached hydrogen (secondary N) is 1. The van der Waals surface area contributed by atoms with Crippen LogP contribution in [0.3, 0.4) is 0 Å². The van der Waals surface area contributed by atoms with E-state index in [1.807, 2.05) is 0 Å². The zero-order chi connectivity index (χ0) is 13.9. The lowest BCUT2D eigenvalue weighted by atomic mass is 10.1. The van der Waals surface area contributed by atoms with Crippen LogP contribution in [-0.2, 0) is 10.9 Å². The molecule has 2 rings (SSSR count). The van der Waals surface area contributed by atoms with Gasteiger partial charge in [0.25, 0.3) is 0 Å². The highest BCUT2D eigenvalue weighted by Gasteiger charge is 2.31. The van der Waals surface area contributed by atoms with Gasteiger partial charge in [0.15, 0.2) is 0 Å². The molecule has 0 saturated carbocycles. The van der Waals surface area contributed by atoms with Crippen molar-refractivity contribution in [1.82, 2.24) is 5.32 Å². The van der Waals surface area contributed by atoms with Gasteiger partial charge in [0.2, 0.25) is 0 Å². The van der Waals surface area contributed by atoms with E-state index in [0.717, 1.165) is 18.7 Å². The van der Waals surface area contributed by atoms with Crippen molar-refractivity contribution in [1.29, 1.82) is 0 Å². The first-order chi connectivity index (χ1) is 9.00. The minimum atomic E-state index is -4.35. The predicted molar refractivity (Wildman–Crippen MR) is 64.1 cm³/mol. The Morgan fingerprint density at radius 1 is 1.26 bits per heavy atom. The summed E-state index contributed by atoms with van der Waals surface area (Å²) in [5.41, 5.74) is -0.701. The van der Waals surface area contributed by atoms with Crippen LogP contribution in [0.4, 0.5) is 13.2 Å². The number of piperidine rings is 1. The smallest absolute Gasteiger partial charge is 0.416 e. The first-order valence-electron chi connectivity index (χ1n) is 6.08. The van der Waals surface area contributed by atoms with Crippen LogP contribution in [0, 0.1) is 0 Å². The zero-order valence-electron chi connectivity index (χ0n) is 10.5. The van der Waals surface area contributed by atoms with E-state index in [4.69, 9.17) is 9.47 Å². The summed E-state index contributed by atoms with van der Waals surface area (Å²) in [4.78, 5) is 0. The second-order valence-electron chi connectivity index (χ2n) is 4.45. The maximum atomic E-state index is 12.6. The molecule has 1 heterocycles. The molecule has 0 spiro atoms. The molecule has 1 aromatic rings. The molecule has 3 nitrogen and oxygen atoms in total. The summed E-state index contributed by atoms with van der Waals surface area (Å²) >= 11 is 0. The van der Waals surface area contributed by atoms with Gasteiger partial charge in [-0.2, -0.15) is 13.2 Å². The van der Waals surface area contributed by atoms with Gasteiger partial charge in [0.05, 0.1) is 5.56 Å². The molecule has 0 bridgehead atoms. The fourth-order valence-electron chi connectivity index (χ4n) is 2.10. The fraction of sp³-hybridized carbons (Fsp3) is 0.538. The molecule has 2 unspecified atom stereocenters. The molecule has 106 valence electrons. The molecule has 1 aliphatic heterocycles. The minimum absolute atomic E-state index is 0.150. The number of alkyl halides is 3. The maximum Gasteiger partial charge on any atom is 0.416 e. The van der Waals surface area contributed by atoms with Crippen molar-refractivity contribution in [3.05, 3.63) is 29.8 Å². The Morgan fingerprint density at radius 3 is 2.74 bits per heavy atom. The normalized spacial score (nSPS) is 24.2. The summed E-state index contributed by atoms with van der Waals surface area (Å²) < 4.78 is 48.7. The lowest BCUT2D eigenvalue weighted by Crippen LogP contribution is -2.47. The van der Waals surface area contributed by atoms with Crippen LogP contribution in [0.1, 0.15) is 12.0 Å². The van der Waals surface area contributed by atoms with Crippen LogP contribution in [0.5, 0.6) is 5.75 Å². The standard InChI is InChI=1S/C13H16F3NO2/c1-18-12-8-17-6-5-11(12)19-10-4-2-3-9(7-10)13(14,15)16/h2-4,7,11-12,17H,5-6,8H2,1H3. The van der Waals surface area contributed by atoms with Crippen molar-refractivity contribution in [2.24, 2.45) is 0 Å². The van der Waals surface area contributed by atoms with E-state index in [-0.39, 0.29) is 18.0 Å². The molecule has 2 atom stereocenters. The van der Waals surface area contributed by atoms with Crippen molar-refractivity contribution in [2.75, 3.05) is 20.2 Å². The van der Waals surface area contributed by atoms with Gasteiger partial charge in [0.1, 0.15) is 18.0 Å². The molecule has 19 heavy (non-hydrogen) atoms. The molecule has 1 fully saturated rings. The summed E-state index contributed by atoms with van der Waals surface area (Å²) in [7, 11) is 1.57. The van der Waals surface area contributed by atoms with E-state index in [2.05, 4.69) is 5.32 Å². The fourth-order valence-corrected chi connectivity index (χ4v) is 2.10. The average Bonchev–Trinajstić information content (AvgIpc) is 2.39. The van der Waals surface area contributed by atoms with Crippen LogP contribution >= 0.6 is 0 Å². The number of rotatable bonds is 3. The van der Waals surface area contributed by atoms with Crippen LogP contribution in [0.2, 0.25) is 0 Å². The van der Waals surface area contributed by atoms with Gasteiger partial charge in [-0.3, -0.25) is 0 Å². The van der Waals surface area contributed by atoms with Crippen LogP contribution in [-0.4, -0.2) is 32.4 Å². The van der Waals surface area contributed by atoms with Crippen molar-refractivity contribution in [3.8, 4) is 5.75 Å². The molecule has 1 aliphatic rings. The number of benzene rings is 1. The van der Waals surface area contributed by atoms with Crippen molar-refractivity contribution >= 4 is 0 Å². The summed E-state index contributed by atoms with van der Waals surface area (Å²) in [5.74, 6) is 0.226. The molecule has 0 radical (unpaired) electrons. The van der Waals surface area contributed by atoms with Crippen LogP contribution in [0.15, 0.2) is 24.3 Å². The average molecular weight is 275 g/mol. The van der Waals surface area contributed by atoms with Crippen molar-refractivity contribution < 1.29 is 22.6 Å².